The summed E-state index contributed by atoms with van der Waals surface area (Å²) >= 11 is 1.55. The number of nitrogens with zero attached hydrogens (tertiary/aromatic N) is 1. The van der Waals surface area contributed by atoms with Gasteiger partial charge in [0.2, 0.25) is 5.91 Å². The second-order valence-corrected chi connectivity index (χ2v) is 6.68. The third kappa shape index (κ3) is 3.98. The van der Waals surface area contributed by atoms with Crippen LogP contribution < -0.4 is 10.6 Å². The summed E-state index contributed by atoms with van der Waals surface area (Å²) in [6, 6.07) is 6.41. The topological polar surface area (TPSA) is 91.3 Å². The lowest BCUT2D eigenvalue weighted by Gasteiger charge is -2.17. The van der Waals surface area contributed by atoms with Gasteiger partial charge in [0, 0.05) is 23.6 Å². The number of carboxylic acids is 1. The van der Waals surface area contributed by atoms with Crippen LogP contribution in [0.3, 0.4) is 0 Å². The first-order valence-electron chi connectivity index (χ1n) is 7.89. The zero-order valence-electron chi connectivity index (χ0n) is 13.1. The highest BCUT2D eigenvalue weighted by molar-refractivity contribution is 7.13. The van der Waals surface area contributed by atoms with Crippen LogP contribution in [0.5, 0.6) is 0 Å². The molecule has 0 unspecified atom stereocenters. The monoisotopic (exact) mass is 345 g/mol. The standard InChI is InChI=1S/C17H19N3O3S/c21-15(13-2-1-7-18-13)20-14(17(22)23)10-11-3-5-12(6-4-11)16-19-8-9-24-16/h3-6,8-9,13-14,18H,1-2,7,10H2,(H,20,21)(H,22,23)/t13-,14-/m0/s1. The molecular weight excluding hydrogens is 326 g/mol. The molecule has 1 aromatic carbocycles. The number of aromatic nitrogens is 1. The highest BCUT2D eigenvalue weighted by atomic mass is 32.1. The quantitative estimate of drug-likeness (QED) is 0.741. The first-order valence-corrected chi connectivity index (χ1v) is 8.77. The maximum absolute atomic E-state index is 12.1. The number of hydrogen-bond acceptors (Lipinski definition) is 5. The van der Waals surface area contributed by atoms with Crippen LogP contribution in [-0.2, 0) is 16.0 Å². The minimum Gasteiger partial charge on any atom is -0.480 e. The Kier molecular flexibility index (Phi) is 5.22. The van der Waals surface area contributed by atoms with Crippen molar-refractivity contribution >= 4 is 23.2 Å². The van der Waals surface area contributed by atoms with E-state index in [1.807, 2.05) is 29.6 Å². The number of carbonyl (C=O) groups excluding carboxylic acids is 1. The van der Waals surface area contributed by atoms with Crippen molar-refractivity contribution in [2.45, 2.75) is 31.3 Å². The largest absolute Gasteiger partial charge is 0.480 e. The normalized spacial score (nSPS) is 18.2. The van der Waals surface area contributed by atoms with Crippen molar-refractivity contribution in [2.24, 2.45) is 0 Å². The van der Waals surface area contributed by atoms with Crippen LogP contribution in [0.1, 0.15) is 18.4 Å². The summed E-state index contributed by atoms with van der Waals surface area (Å²) in [7, 11) is 0. The van der Waals surface area contributed by atoms with Gasteiger partial charge in [0.25, 0.3) is 0 Å². The van der Waals surface area contributed by atoms with Gasteiger partial charge in [-0.1, -0.05) is 24.3 Å². The average Bonchev–Trinajstić information content (AvgIpc) is 3.28. The minimum atomic E-state index is -1.02. The Morgan fingerprint density at radius 3 is 2.75 bits per heavy atom. The van der Waals surface area contributed by atoms with Crippen LogP contribution in [0.4, 0.5) is 0 Å². The van der Waals surface area contributed by atoms with Gasteiger partial charge in [0.15, 0.2) is 0 Å². The van der Waals surface area contributed by atoms with E-state index in [1.54, 1.807) is 17.5 Å². The van der Waals surface area contributed by atoms with Gasteiger partial charge < -0.3 is 15.7 Å². The van der Waals surface area contributed by atoms with Crippen LogP contribution in [0.2, 0.25) is 0 Å². The summed E-state index contributed by atoms with van der Waals surface area (Å²) in [4.78, 5) is 27.8. The van der Waals surface area contributed by atoms with Gasteiger partial charge in [0.1, 0.15) is 11.0 Å². The molecule has 0 saturated carbocycles. The first kappa shape index (κ1) is 16.6. The predicted molar refractivity (Wildman–Crippen MR) is 91.8 cm³/mol. The molecule has 126 valence electrons. The lowest BCUT2D eigenvalue weighted by Crippen LogP contribution is -2.49. The zero-order chi connectivity index (χ0) is 16.9. The van der Waals surface area contributed by atoms with Crippen LogP contribution in [0.25, 0.3) is 10.6 Å². The van der Waals surface area contributed by atoms with Crippen molar-refractivity contribution in [3.8, 4) is 10.6 Å². The lowest BCUT2D eigenvalue weighted by atomic mass is 10.0. The molecule has 1 fully saturated rings. The van der Waals surface area contributed by atoms with Crippen LogP contribution in [0, 0.1) is 0 Å². The predicted octanol–water partition coefficient (Wildman–Crippen LogP) is 1.67. The maximum Gasteiger partial charge on any atom is 0.326 e. The highest BCUT2D eigenvalue weighted by Gasteiger charge is 2.27. The number of nitrogens with one attached hydrogen (secondary N) is 2. The van der Waals surface area contributed by atoms with E-state index in [0.29, 0.717) is 0 Å². The summed E-state index contributed by atoms with van der Waals surface area (Å²) in [6.45, 7) is 0.800. The molecule has 7 heteroatoms. The molecule has 0 aliphatic carbocycles. The van der Waals surface area contributed by atoms with Crippen LogP contribution in [0.15, 0.2) is 35.8 Å². The molecule has 3 rings (SSSR count). The fraction of sp³-hybridized carbons (Fsp3) is 0.353. The van der Waals surface area contributed by atoms with Gasteiger partial charge in [-0.2, -0.15) is 0 Å². The summed E-state index contributed by atoms with van der Waals surface area (Å²) in [5.74, 6) is -1.26. The Bertz CT molecular complexity index is 694. The van der Waals surface area contributed by atoms with E-state index >= 15 is 0 Å². The van der Waals surface area contributed by atoms with E-state index in [9.17, 15) is 14.7 Å². The fourth-order valence-electron chi connectivity index (χ4n) is 2.77. The molecule has 2 atom stereocenters. The van der Waals surface area contributed by atoms with Gasteiger partial charge >= 0.3 is 5.97 Å². The van der Waals surface area contributed by atoms with Crippen molar-refractivity contribution in [2.75, 3.05) is 6.54 Å². The number of hydrogen-bond donors (Lipinski definition) is 3. The Balaban J connectivity index is 1.64. The Hall–Kier alpha value is -2.25. The maximum atomic E-state index is 12.1. The second-order valence-electron chi connectivity index (χ2n) is 5.79. The molecule has 1 amide bonds. The Morgan fingerprint density at radius 1 is 1.38 bits per heavy atom. The van der Waals surface area contributed by atoms with Gasteiger partial charge in [-0.15, -0.1) is 11.3 Å². The number of aliphatic carboxylic acids is 1. The number of amides is 1. The molecule has 1 aromatic heterocycles. The van der Waals surface area contributed by atoms with E-state index in [2.05, 4.69) is 15.6 Å². The summed E-state index contributed by atoms with van der Waals surface area (Å²) in [6.07, 6.45) is 3.70. The molecular formula is C17H19N3O3S. The molecule has 1 aliphatic heterocycles. The number of rotatable bonds is 6. The average molecular weight is 345 g/mol. The summed E-state index contributed by atoms with van der Waals surface area (Å²) in [5, 5.41) is 17.9. The smallest absolute Gasteiger partial charge is 0.326 e. The van der Waals surface area contributed by atoms with E-state index in [0.717, 1.165) is 35.5 Å². The third-order valence-corrected chi connectivity index (χ3v) is 4.89. The number of benzene rings is 1. The van der Waals surface area contributed by atoms with Crippen molar-refractivity contribution in [1.82, 2.24) is 15.6 Å². The summed E-state index contributed by atoms with van der Waals surface area (Å²) < 4.78 is 0. The molecule has 6 nitrogen and oxygen atoms in total. The molecule has 1 aliphatic rings. The lowest BCUT2D eigenvalue weighted by molar-refractivity contribution is -0.142. The van der Waals surface area contributed by atoms with Crippen molar-refractivity contribution in [1.29, 1.82) is 0 Å². The summed E-state index contributed by atoms with van der Waals surface area (Å²) in [5.41, 5.74) is 1.86. The van der Waals surface area contributed by atoms with Crippen molar-refractivity contribution in [3.05, 3.63) is 41.4 Å². The van der Waals surface area contributed by atoms with E-state index in [-0.39, 0.29) is 18.4 Å². The fourth-order valence-corrected chi connectivity index (χ4v) is 3.41. The number of carboxylic acid groups (broad SMARTS) is 1. The molecule has 3 N–H and O–H groups in total. The molecule has 0 spiro atoms. The minimum absolute atomic E-state index is 0.237. The highest BCUT2D eigenvalue weighted by Crippen LogP contribution is 2.22. The second kappa shape index (κ2) is 7.55. The van der Waals surface area contributed by atoms with E-state index in [1.165, 1.54) is 0 Å². The van der Waals surface area contributed by atoms with Crippen LogP contribution >= 0.6 is 11.3 Å². The van der Waals surface area contributed by atoms with Gasteiger partial charge in [-0.05, 0) is 24.9 Å². The van der Waals surface area contributed by atoms with E-state index in [4.69, 9.17) is 0 Å². The first-order chi connectivity index (χ1) is 11.6. The molecule has 0 radical (unpaired) electrons. The number of carbonyl (C=O) groups is 2. The molecule has 2 heterocycles. The van der Waals surface area contributed by atoms with E-state index < -0.39 is 12.0 Å². The van der Waals surface area contributed by atoms with Gasteiger partial charge in [-0.25, -0.2) is 9.78 Å². The van der Waals surface area contributed by atoms with Gasteiger partial charge in [-0.3, -0.25) is 4.79 Å². The third-order valence-electron chi connectivity index (χ3n) is 4.06. The number of thiazole rings is 1. The molecule has 2 aromatic rings. The van der Waals surface area contributed by atoms with Gasteiger partial charge in [0.05, 0.1) is 6.04 Å². The SMILES string of the molecule is O=C(O)[C@H](Cc1ccc(-c2nccs2)cc1)NC(=O)[C@@H]1CCCN1. The zero-order valence-corrected chi connectivity index (χ0v) is 13.9. The molecule has 0 bridgehead atoms. The van der Waals surface area contributed by atoms with Crippen molar-refractivity contribution < 1.29 is 14.7 Å². The Morgan fingerprint density at radius 2 is 2.17 bits per heavy atom. The van der Waals surface area contributed by atoms with Crippen molar-refractivity contribution in [3.63, 3.8) is 0 Å². The Labute approximate surface area is 143 Å². The molecule has 1 saturated heterocycles. The molecule has 24 heavy (non-hydrogen) atoms. The van der Waals surface area contributed by atoms with Crippen LogP contribution in [-0.4, -0.2) is 40.6 Å².